The third-order valence-electron chi connectivity index (χ3n) is 3.51. The molecule has 0 radical (unpaired) electrons. The molecular formula is C12H17N3O2S. The zero-order chi connectivity index (χ0) is 12.5. The van der Waals surface area contributed by atoms with Crippen molar-refractivity contribution in [3.63, 3.8) is 0 Å². The second-order valence-electron chi connectivity index (χ2n) is 4.91. The number of aryl methyl sites for hydroxylation is 2. The summed E-state index contributed by atoms with van der Waals surface area (Å²) in [5.74, 6) is 0. The van der Waals surface area contributed by atoms with Crippen molar-refractivity contribution in [3.05, 3.63) is 10.6 Å². The van der Waals surface area contributed by atoms with E-state index < -0.39 is 0 Å². The Balaban J connectivity index is 1.65. The number of β-amino-alcohol motifs (C(OH)–C–C–N with tert-alkyl or cyclic N) is 1. The van der Waals surface area contributed by atoms with Crippen molar-refractivity contribution in [2.75, 3.05) is 18.4 Å². The smallest absolute Gasteiger partial charge is 0.323 e. The van der Waals surface area contributed by atoms with Crippen LogP contribution < -0.4 is 5.32 Å². The Morgan fingerprint density at radius 2 is 2.28 bits per heavy atom. The topological polar surface area (TPSA) is 65.5 Å². The molecule has 1 aromatic heterocycles. The maximum atomic E-state index is 11.9. The molecule has 3 rings (SSSR count). The molecule has 1 aromatic rings. The third kappa shape index (κ3) is 2.35. The molecule has 1 saturated heterocycles. The third-order valence-corrected chi connectivity index (χ3v) is 4.58. The van der Waals surface area contributed by atoms with Crippen LogP contribution in [-0.2, 0) is 12.8 Å². The molecule has 0 aromatic carbocycles. The number of anilines is 1. The fourth-order valence-electron chi connectivity index (χ4n) is 2.50. The zero-order valence-electron chi connectivity index (χ0n) is 10.2. The summed E-state index contributed by atoms with van der Waals surface area (Å²) < 4.78 is 0. The molecule has 1 aliphatic carbocycles. The van der Waals surface area contributed by atoms with Crippen LogP contribution in [0.3, 0.4) is 0 Å². The highest BCUT2D eigenvalue weighted by molar-refractivity contribution is 7.15. The molecule has 6 heteroatoms. The summed E-state index contributed by atoms with van der Waals surface area (Å²) in [6, 6.07) is -0.141. The van der Waals surface area contributed by atoms with Crippen LogP contribution in [0.25, 0.3) is 0 Å². The lowest BCUT2D eigenvalue weighted by Crippen LogP contribution is -2.33. The van der Waals surface area contributed by atoms with Crippen molar-refractivity contribution in [2.45, 2.75) is 38.2 Å². The number of carbonyl (C=O) groups is 1. The fraction of sp³-hybridized carbons (Fsp3) is 0.667. The molecule has 2 amide bonds. The predicted octanol–water partition coefficient (Wildman–Crippen LogP) is 1.62. The lowest BCUT2D eigenvalue weighted by atomic mass is 10.0. The van der Waals surface area contributed by atoms with Crippen molar-refractivity contribution in [1.29, 1.82) is 0 Å². The minimum atomic E-state index is -0.375. The molecule has 0 unspecified atom stereocenters. The van der Waals surface area contributed by atoms with Gasteiger partial charge in [0, 0.05) is 18.0 Å². The first-order valence-electron chi connectivity index (χ1n) is 6.45. The minimum Gasteiger partial charge on any atom is -0.391 e. The van der Waals surface area contributed by atoms with Gasteiger partial charge in [-0.1, -0.05) is 0 Å². The number of thiazole rings is 1. The monoisotopic (exact) mass is 267 g/mol. The molecule has 1 aliphatic heterocycles. The number of likely N-dealkylation sites (tertiary alicyclic amines) is 1. The number of hydrogen-bond donors (Lipinski definition) is 2. The molecule has 2 aliphatic rings. The van der Waals surface area contributed by atoms with E-state index >= 15 is 0 Å². The van der Waals surface area contributed by atoms with Gasteiger partial charge in [-0.25, -0.2) is 9.78 Å². The van der Waals surface area contributed by atoms with E-state index in [-0.39, 0.29) is 12.1 Å². The zero-order valence-corrected chi connectivity index (χ0v) is 11.0. The van der Waals surface area contributed by atoms with E-state index in [0.717, 1.165) is 18.5 Å². The number of hydrogen-bond acceptors (Lipinski definition) is 4. The van der Waals surface area contributed by atoms with E-state index in [1.54, 1.807) is 16.2 Å². The molecule has 0 saturated carbocycles. The second kappa shape index (κ2) is 4.85. The summed E-state index contributed by atoms with van der Waals surface area (Å²) in [6.45, 7) is 1.05. The Morgan fingerprint density at radius 1 is 1.44 bits per heavy atom. The standard InChI is InChI=1S/C12H17N3O2S/c16-8-5-6-15(7-8)12(17)14-11-13-9-3-1-2-4-10(9)18-11/h8,16H,1-7H2,(H,13,14,17)/t8-/m0/s1. The van der Waals surface area contributed by atoms with Gasteiger partial charge < -0.3 is 10.0 Å². The van der Waals surface area contributed by atoms with E-state index in [9.17, 15) is 9.90 Å². The van der Waals surface area contributed by atoms with Gasteiger partial charge in [-0.15, -0.1) is 11.3 Å². The number of carbonyl (C=O) groups excluding carboxylic acids is 1. The van der Waals surface area contributed by atoms with E-state index in [1.807, 2.05) is 0 Å². The first-order chi connectivity index (χ1) is 8.72. The highest BCUT2D eigenvalue weighted by Gasteiger charge is 2.25. The van der Waals surface area contributed by atoms with E-state index in [0.29, 0.717) is 24.6 Å². The molecular weight excluding hydrogens is 250 g/mol. The fourth-order valence-corrected chi connectivity index (χ4v) is 3.54. The van der Waals surface area contributed by atoms with Crippen LogP contribution >= 0.6 is 11.3 Å². The quantitative estimate of drug-likeness (QED) is 0.812. The lowest BCUT2D eigenvalue weighted by molar-refractivity contribution is 0.176. The highest BCUT2D eigenvalue weighted by atomic mass is 32.1. The molecule has 5 nitrogen and oxygen atoms in total. The summed E-state index contributed by atoms with van der Waals surface area (Å²) in [6.07, 6.45) is 4.83. The van der Waals surface area contributed by atoms with Gasteiger partial charge >= 0.3 is 6.03 Å². The van der Waals surface area contributed by atoms with Crippen molar-refractivity contribution in [3.8, 4) is 0 Å². The number of rotatable bonds is 1. The summed E-state index contributed by atoms with van der Waals surface area (Å²) >= 11 is 1.59. The second-order valence-corrected chi connectivity index (χ2v) is 6.00. The van der Waals surface area contributed by atoms with Crippen LogP contribution in [0.15, 0.2) is 0 Å². The molecule has 2 heterocycles. The van der Waals surface area contributed by atoms with Gasteiger partial charge in [0.25, 0.3) is 0 Å². The molecule has 98 valence electrons. The summed E-state index contributed by atoms with van der Waals surface area (Å²) in [7, 11) is 0. The minimum absolute atomic E-state index is 0.141. The molecule has 0 bridgehead atoms. The van der Waals surface area contributed by atoms with Crippen LogP contribution in [0.2, 0.25) is 0 Å². The van der Waals surface area contributed by atoms with Crippen molar-refractivity contribution in [2.24, 2.45) is 0 Å². The Hall–Kier alpha value is -1.14. The van der Waals surface area contributed by atoms with Gasteiger partial charge in [0.1, 0.15) is 0 Å². The molecule has 2 N–H and O–H groups in total. The number of aromatic nitrogens is 1. The Morgan fingerprint density at radius 3 is 3.00 bits per heavy atom. The van der Waals surface area contributed by atoms with Crippen molar-refractivity contribution < 1.29 is 9.90 Å². The number of aliphatic hydroxyl groups is 1. The highest BCUT2D eigenvalue weighted by Crippen LogP contribution is 2.29. The normalized spacial score (nSPS) is 22.9. The van der Waals surface area contributed by atoms with Crippen molar-refractivity contribution >= 4 is 22.5 Å². The predicted molar refractivity (Wildman–Crippen MR) is 70.0 cm³/mol. The maximum Gasteiger partial charge on any atom is 0.323 e. The van der Waals surface area contributed by atoms with Gasteiger partial charge in [0.15, 0.2) is 5.13 Å². The van der Waals surface area contributed by atoms with Crippen LogP contribution in [0.4, 0.5) is 9.93 Å². The first-order valence-corrected chi connectivity index (χ1v) is 7.26. The number of nitrogens with one attached hydrogen (secondary N) is 1. The Kier molecular flexibility index (Phi) is 3.22. The van der Waals surface area contributed by atoms with Gasteiger partial charge in [0.2, 0.25) is 0 Å². The van der Waals surface area contributed by atoms with Crippen LogP contribution in [0.5, 0.6) is 0 Å². The lowest BCUT2D eigenvalue weighted by Gasteiger charge is -2.14. The SMILES string of the molecule is O=C(Nc1nc2c(s1)CCCC2)N1CC[C@H](O)C1. The van der Waals surface area contributed by atoms with E-state index in [4.69, 9.17) is 0 Å². The largest absolute Gasteiger partial charge is 0.391 e. The molecule has 0 spiro atoms. The maximum absolute atomic E-state index is 11.9. The summed E-state index contributed by atoms with van der Waals surface area (Å²) in [4.78, 5) is 19.4. The van der Waals surface area contributed by atoms with Gasteiger partial charge in [0.05, 0.1) is 11.8 Å². The van der Waals surface area contributed by atoms with Crippen LogP contribution in [0, 0.1) is 0 Å². The summed E-state index contributed by atoms with van der Waals surface area (Å²) in [5.41, 5.74) is 1.16. The molecule has 1 fully saturated rings. The summed E-state index contributed by atoms with van der Waals surface area (Å²) in [5, 5.41) is 13.0. The van der Waals surface area contributed by atoms with Crippen molar-refractivity contribution in [1.82, 2.24) is 9.88 Å². The van der Waals surface area contributed by atoms with Gasteiger partial charge in [-0.2, -0.15) is 0 Å². The molecule has 18 heavy (non-hydrogen) atoms. The van der Waals surface area contributed by atoms with Gasteiger partial charge in [-0.3, -0.25) is 5.32 Å². The average Bonchev–Trinajstić information content (AvgIpc) is 2.94. The van der Waals surface area contributed by atoms with Crippen LogP contribution in [0.1, 0.15) is 29.8 Å². The Labute approximate surface area is 110 Å². The first kappa shape index (κ1) is 11.9. The average molecular weight is 267 g/mol. The van der Waals surface area contributed by atoms with Gasteiger partial charge in [-0.05, 0) is 32.1 Å². The Bertz CT molecular complexity index is 437. The number of amides is 2. The number of fused-ring (bicyclic) bond motifs is 1. The van der Waals surface area contributed by atoms with E-state index in [1.165, 1.54) is 17.7 Å². The number of nitrogens with zero attached hydrogens (tertiary/aromatic N) is 2. The number of urea groups is 1. The van der Waals surface area contributed by atoms with Crippen LogP contribution in [-0.4, -0.2) is 40.2 Å². The number of aliphatic hydroxyl groups excluding tert-OH is 1. The molecule has 1 atom stereocenters. The van der Waals surface area contributed by atoms with E-state index in [2.05, 4.69) is 10.3 Å².